The Morgan fingerprint density at radius 3 is 2.60 bits per heavy atom. The number of hydrogen-bond acceptors (Lipinski definition) is 3. The number of aryl methyl sites for hydroxylation is 1. The van der Waals surface area contributed by atoms with Gasteiger partial charge in [-0.1, -0.05) is 27.7 Å². The number of aromatic nitrogens is 1. The molecule has 0 aliphatic rings. The molecule has 0 saturated heterocycles. The Morgan fingerprint density at radius 1 is 1.47 bits per heavy atom. The summed E-state index contributed by atoms with van der Waals surface area (Å²) in [7, 11) is 0. The lowest BCUT2D eigenvalue weighted by atomic mass is 9.97. The normalized spacial score (nSPS) is 14.2. The van der Waals surface area contributed by atoms with Crippen molar-refractivity contribution in [3.63, 3.8) is 0 Å². The van der Waals surface area contributed by atoms with Crippen LogP contribution < -0.4 is 5.32 Å². The lowest BCUT2D eigenvalue weighted by Gasteiger charge is -2.21. The van der Waals surface area contributed by atoms with E-state index in [2.05, 4.69) is 44.9 Å². The largest absolute Gasteiger partial charge is 0.308 e. The van der Waals surface area contributed by atoms with E-state index in [1.165, 1.54) is 9.88 Å². The molecule has 0 fully saturated rings. The fourth-order valence-corrected chi connectivity index (χ4v) is 2.12. The molecule has 86 valence electrons. The number of rotatable bonds is 4. The molecule has 1 unspecified atom stereocenters. The first-order valence-electron chi connectivity index (χ1n) is 5.60. The fourth-order valence-electron chi connectivity index (χ4n) is 1.23. The molecule has 1 rings (SSSR count). The van der Waals surface area contributed by atoms with Gasteiger partial charge in [0.15, 0.2) is 0 Å². The molecule has 0 saturated carbocycles. The van der Waals surface area contributed by atoms with Crippen molar-refractivity contribution in [3.05, 3.63) is 16.1 Å². The van der Waals surface area contributed by atoms with Gasteiger partial charge in [0.2, 0.25) is 0 Å². The van der Waals surface area contributed by atoms with E-state index in [1.807, 2.05) is 17.5 Å². The van der Waals surface area contributed by atoms with Crippen molar-refractivity contribution in [2.45, 2.75) is 47.1 Å². The van der Waals surface area contributed by atoms with Gasteiger partial charge in [-0.2, -0.15) is 0 Å². The van der Waals surface area contributed by atoms with Gasteiger partial charge in [-0.25, -0.2) is 4.98 Å². The summed E-state index contributed by atoms with van der Waals surface area (Å²) in [5.41, 5.74) is 0.332. The molecule has 0 radical (unpaired) electrons. The third kappa shape index (κ3) is 4.31. The summed E-state index contributed by atoms with van der Waals surface area (Å²) < 4.78 is 0. The molecule has 15 heavy (non-hydrogen) atoms. The van der Waals surface area contributed by atoms with E-state index in [-0.39, 0.29) is 0 Å². The van der Waals surface area contributed by atoms with Crippen molar-refractivity contribution in [2.24, 2.45) is 5.41 Å². The molecule has 1 heterocycles. The molecular formula is C12H22N2S. The van der Waals surface area contributed by atoms with Crippen LogP contribution in [0.4, 0.5) is 0 Å². The van der Waals surface area contributed by atoms with E-state index in [0.717, 1.165) is 13.0 Å². The summed E-state index contributed by atoms with van der Waals surface area (Å²) in [6.45, 7) is 12.1. The number of hydrogen-bond donors (Lipinski definition) is 1. The monoisotopic (exact) mass is 226 g/mol. The molecule has 1 aromatic rings. The van der Waals surface area contributed by atoms with Crippen LogP contribution in [0, 0.1) is 5.41 Å². The van der Waals surface area contributed by atoms with Crippen LogP contribution in [-0.2, 0) is 6.42 Å². The average molecular weight is 226 g/mol. The summed E-state index contributed by atoms with van der Waals surface area (Å²) >= 11 is 1.82. The Bertz CT molecular complexity index is 299. The molecule has 0 aromatic carbocycles. The van der Waals surface area contributed by atoms with E-state index in [9.17, 15) is 0 Å². The third-order valence-corrected chi connectivity index (χ3v) is 3.55. The first-order chi connectivity index (χ1) is 6.92. The standard InChI is InChI=1S/C12H22N2S/c1-6-10-7-13-11(15-10)9(2)14-8-12(3,4)5/h7,9,14H,6,8H2,1-5H3. The molecule has 0 spiro atoms. The van der Waals surface area contributed by atoms with Gasteiger partial charge < -0.3 is 5.32 Å². The van der Waals surface area contributed by atoms with E-state index in [0.29, 0.717) is 11.5 Å². The maximum atomic E-state index is 4.44. The van der Waals surface area contributed by atoms with E-state index in [1.54, 1.807) is 0 Å². The van der Waals surface area contributed by atoms with E-state index >= 15 is 0 Å². The van der Waals surface area contributed by atoms with Gasteiger partial charge in [0.05, 0.1) is 6.04 Å². The molecule has 0 amide bonds. The maximum Gasteiger partial charge on any atom is 0.109 e. The van der Waals surface area contributed by atoms with Crippen LogP contribution in [0.2, 0.25) is 0 Å². The first-order valence-corrected chi connectivity index (χ1v) is 6.42. The number of thiazole rings is 1. The van der Waals surface area contributed by atoms with Gasteiger partial charge in [-0.15, -0.1) is 11.3 Å². The van der Waals surface area contributed by atoms with Gasteiger partial charge >= 0.3 is 0 Å². The Morgan fingerprint density at radius 2 is 2.13 bits per heavy atom. The molecule has 1 N–H and O–H groups in total. The summed E-state index contributed by atoms with van der Waals surface area (Å²) in [5.74, 6) is 0. The lowest BCUT2D eigenvalue weighted by molar-refractivity contribution is 0.359. The van der Waals surface area contributed by atoms with Crippen molar-refractivity contribution in [1.82, 2.24) is 10.3 Å². The topological polar surface area (TPSA) is 24.9 Å². The van der Waals surface area contributed by atoms with Crippen LogP contribution in [0.3, 0.4) is 0 Å². The zero-order chi connectivity index (χ0) is 11.5. The zero-order valence-electron chi connectivity index (χ0n) is 10.4. The number of nitrogens with one attached hydrogen (secondary N) is 1. The Balaban J connectivity index is 2.50. The molecule has 1 atom stereocenters. The summed E-state index contributed by atoms with van der Waals surface area (Å²) in [5, 5.41) is 4.73. The highest BCUT2D eigenvalue weighted by molar-refractivity contribution is 7.11. The van der Waals surface area contributed by atoms with Crippen molar-refractivity contribution in [1.29, 1.82) is 0 Å². The van der Waals surface area contributed by atoms with Crippen LogP contribution >= 0.6 is 11.3 Å². The second-order valence-electron chi connectivity index (χ2n) is 5.18. The highest BCUT2D eigenvalue weighted by Crippen LogP contribution is 2.21. The van der Waals surface area contributed by atoms with Crippen LogP contribution in [0.15, 0.2) is 6.20 Å². The summed E-state index contributed by atoms with van der Waals surface area (Å²) in [4.78, 5) is 5.81. The fraction of sp³-hybridized carbons (Fsp3) is 0.750. The minimum absolute atomic E-state index is 0.332. The van der Waals surface area contributed by atoms with Crippen LogP contribution in [0.1, 0.15) is 50.5 Å². The van der Waals surface area contributed by atoms with Crippen LogP contribution in [0.25, 0.3) is 0 Å². The summed E-state index contributed by atoms with van der Waals surface area (Å²) in [6.07, 6.45) is 3.08. The lowest BCUT2D eigenvalue weighted by Crippen LogP contribution is -2.29. The highest BCUT2D eigenvalue weighted by Gasteiger charge is 2.14. The van der Waals surface area contributed by atoms with Gasteiger partial charge in [0.25, 0.3) is 0 Å². The van der Waals surface area contributed by atoms with Gasteiger partial charge in [-0.05, 0) is 18.8 Å². The summed E-state index contributed by atoms with van der Waals surface area (Å²) in [6, 6.07) is 0.370. The second kappa shape index (κ2) is 5.08. The highest BCUT2D eigenvalue weighted by atomic mass is 32.1. The number of nitrogens with zero attached hydrogens (tertiary/aromatic N) is 1. The molecule has 2 nitrogen and oxygen atoms in total. The second-order valence-corrected chi connectivity index (χ2v) is 6.33. The van der Waals surface area contributed by atoms with E-state index < -0.39 is 0 Å². The average Bonchev–Trinajstić information content (AvgIpc) is 2.61. The Kier molecular flexibility index (Phi) is 4.29. The van der Waals surface area contributed by atoms with Crippen LogP contribution in [0.5, 0.6) is 0 Å². The molecule has 0 aliphatic heterocycles. The smallest absolute Gasteiger partial charge is 0.109 e. The molecular weight excluding hydrogens is 204 g/mol. The predicted molar refractivity (Wildman–Crippen MR) is 67.4 cm³/mol. The van der Waals surface area contributed by atoms with Crippen molar-refractivity contribution in [2.75, 3.05) is 6.54 Å². The van der Waals surface area contributed by atoms with Crippen molar-refractivity contribution < 1.29 is 0 Å². The minimum Gasteiger partial charge on any atom is -0.308 e. The third-order valence-electron chi connectivity index (χ3n) is 2.23. The molecule has 1 aromatic heterocycles. The maximum absolute atomic E-state index is 4.44. The van der Waals surface area contributed by atoms with Crippen molar-refractivity contribution >= 4 is 11.3 Å². The molecule has 0 bridgehead atoms. The van der Waals surface area contributed by atoms with Gasteiger partial charge in [0, 0.05) is 17.6 Å². The Labute approximate surface area is 97.1 Å². The first kappa shape index (κ1) is 12.7. The van der Waals surface area contributed by atoms with Crippen molar-refractivity contribution in [3.8, 4) is 0 Å². The minimum atomic E-state index is 0.332. The molecule has 0 aliphatic carbocycles. The van der Waals surface area contributed by atoms with Crippen LogP contribution in [-0.4, -0.2) is 11.5 Å². The zero-order valence-corrected chi connectivity index (χ0v) is 11.2. The Hall–Kier alpha value is -0.410. The SMILES string of the molecule is CCc1cnc(C(C)NCC(C)(C)C)s1. The predicted octanol–water partition coefficient (Wildman–Crippen LogP) is 3.40. The van der Waals surface area contributed by atoms with Gasteiger partial charge in [0.1, 0.15) is 5.01 Å². The quantitative estimate of drug-likeness (QED) is 0.851. The molecule has 3 heteroatoms. The van der Waals surface area contributed by atoms with Gasteiger partial charge in [-0.3, -0.25) is 0 Å². The van der Waals surface area contributed by atoms with E-state index in [4.69, 9.17) is 0 Å².